The van der Waals surface area contributed by atoms with Crippen molar-refractivity contribution in [2.75, 3.05) is 18.5 Å². The summed E-state index contributed by atoms with van der Waals surface area (Å²) in [6.07, 6.45) is 2.39. The smallest absolute Gasteiger partial charge is 0.0422 e. The summed E-state index contributed by atoms with van der Waals surface area (Å²) in [5, 5.41) is 3.50. The highest BCUT2D eigenvalue weighted by Crippen LogP contribution is 2.27. The van der Waals surface area contributed by atoms with Gasteiger partial charge in [-0.2, -0.15) is 0 Å². The SMILES string of the molecule is CCCNCc1ccc(Br)cc1N(C)C(C)CC(C)C. The van der Waals surface area contributed by atoms with E-state index in [1.54, 1.807) is 0 Å². The van der Waals surface area contributed by atoms with Crippen molar-refractivity contribution in [3.05, 3.63) is 28.2 Å². The second-order valence-corrected chi connectivity index (χ2v) is 6.95. The first-order chi connectivity index (χ1) is 9.45. The maximum Gasteiger partial charge on any atom is 0.0422 e. The summed E-state index contributed by atoms with van der Waals surface area (Å²) >= 11 is 3.60. The Morgan fingerprint density at radius 3 is 2.55 bits per heavy atom. The zero-order valence-electron chi connectivity index (χ0n) is 13.5. The molecule has 0 heterocycles. The van der Waals surface area contributed by atoms with E-state index in [9.17, 15) is 0 Å². The van der Waals surface area contributed by atoms with Crippen LogP contribution in [0.5, 0.6) is 0 Å². The standard InChI is InChI=1S/C17H29BrN2/c1-6-9-19-12-15-7-8-16(18)11-17(15)20(5)14(4)10-13(2)3/h7-8,11,13-14,19H,6,9-10,12H2,1-5H3. The number of halogens is 1. The van der Waals surface area contributed by atoms with Crippen LogP contribution in [-0.2, 0) is 6.54 Å². The molecule has 0 amide bonds. The summed E-state index contributed by atoms with van der Waals surface area (Å²) < 4.78 is 1.15. The first-order valence-corrected chi connectivity index (χ1v) is 8.47. The first kappa shape index (κ1) is 17.5. The third-order valence-electron chi connectivity index (χ3n) is 3.64. The van der Waals surface area contributed by atoms with E-state index >= 15 is 0 Å². The van der Waals surface area contributed by atoms with Crippen molar-refractivity contribution in [2.45, 2.75) is 53.1 Å². The van der Waals surface area contributed by atoms with Gasteiger partial charge in [0.05, 0.1) is 0 Å². The van der Waals surface area contributed by atoms with Crippen LogP contribution in [0.15, 0.2) is 22.7 Å². The fraction of sp³-hybridized carbons (Fsp3) is 0.647. The summed E-state index contributed by atoms with van der Waals surface area (Å²) in [7, 11) is 2.21. The van der Waals surface area contributed by atoms with E-state index in [-0.39, 0.29) is 0 Å². The molecule has 1 aromatic rings. The number of benzene rings is 1. The molecule has 0 fully saturated rings. The van der Waals surface area contributed by atoms with Gasteiger partial charge in [-0.1, -0.05) is 42.8 Å². The predicted octanol–water partition coefficient (Wildman–Crippen LogP) is 4.82. The van der Waals surface area contributed by atoms with Gasteiger partial charge in [0.15, 0.2) is 0 Å². The number of rotatable bonds is 8. The molecule has 1 aromatic carbocycles. The second-order valence-electron chi connectivity index (χ2n) is 6.04. The van der Waals surface area contributed by atoms with Gasteiger partial charge in [-0.3, -0.25) is 0 Å². The highest BCUT2D eigenvalue weighted by atomic mass is 79.9. The van der Waals surface area contributed by atoms with Gasteiger partial charge in [0, 0.05) is 29.8 Å². The highest BCUT2D eigenvalue weighted by Gasteiger charge is 2.15. The minimum atomic E-state index is 0.550. The minimum absolute atomic E-state index is 0.550. The van der Waals surface area contributed by atoms with Crippen molar-refractivity contribution in [2.24, 2.45) is 5.92 Å². The third-order valence-corrected chi connectivity index (χ3v) is 4.14. The van der Waals surface area contributed by atoms with Gasteiger partial charge in [0.2, 0.25) is 0 Å². The molecular weight excluding hydrogens is 312 g/mol. The van der Waals surface area contributed by atoms with E-state index in [1.807, 2.05) is 0 Å². The first-order valence-electron chi connectivity index (χ1n) is 7.67. The van der Waals surface area contributed by atoms with Crippen molar-refractivity contribution < 1.29 is 0 Å². The third kappa shape index (κ3) is 5.45. The quantitative estimate of drug-likeness (QED) is 0.682. The Hall–Kier alpha value is -0.540. The summed E-state index contributed by atoms with van der Waals surface area (Å²) in [6.45, 7) is 11.1. The zero-order valence-corrected chi connectivity index (χ0v) is 15.1. The topological polar surface area (TPSA) is 15.3 Å². The fourth-order valence-corrected chi connectivity index (χ4v) is 2.84. The van der Waals surface area contributed by atoms with Crippen molar-refractivity contribution in [1.82, 2.24) is 5.32 Å². The molecule has 0 aliphatic carbocycles. The van der Waals surface area contributed by atoms with Gasteiger partial charge in [-0.05, 0) is 49.9 Å². The largest absolute Gasteiger partial charge is 0.372 e. The Labute approximate surface area is 133 Å². The normalized spacial score (nSPS) is 12.8. The van der Waals surface area contributed by atoms with Crippen LogP contribution >= 0.6 is 15.9 Å². The molecule has 0 aliphatic heterocycles. The predicted molar refractivity (Wildman–Crippen MR) is 93.5 cm³/mol. The van der Waals surface area contributed by atoms with E-state index in [4.69, 9.17) is 0 Å². The van der Waals surface area contributed by atoms with E-state index < -0.39 is 0 Å². The molecule has 0 bridgehead atoms. The number of nitrogens with one attached hydrogen (secondary N) is 1. The Kier molecular flexibility index (Phi) is 7.60. The summed E-state index contributed by atoms with van der Waals surface area (Å²) in [6, 6.07) is 7.14. The van der Waals surface area contributed by atoms with Crippen LogP contribution in [0.1, 0.15) is 46.1 Å². The van der Waals surface area contributed by atoms with Crippen LogP contribution in [0, 0.1) is 5.92 Å². The monoisotopic (exact) mass is 340 g/mol. The minimum Gasteiger partial charge on any atom is -0.372 e. The van der Waals surface area contributed by atoms with E-state index in [0.717, 1.165) is 23.5 Å². The lowest BCUT2D eigenvalue weighted by Gasteiger charge is -2.30. The molecule has 1 unspecified atom stereocenters. The molecule has 20 heavy (non-hydrogen) atoms. The highest BCUT2D eigenvalue weighted by molar-refractivity contribution is 9.10. The summed E-state index contributed by atoms with van der Waals surface area (Å²) in [4.78, 5) is 2.41. The van der Waals surface area contributed by atoms with Crippen LogP contribution in [0.3, 0.4) is 0 Å². The molecule has 0 saturated heterocycles. The number of hydrogen-bond acceptors (Lipinski definition) is 2. The van der Waals surface area contributed by atoms with Gasteiger partial charge in [0.1, 0.15) is 0 Å². The van der Waals surface area contributed by atoms with Crippen molar-refractivity contribution in [1.29, 1.82) is 0 Å². The molecule has 2 nitrogen and oxygen atoms in total. The average Bonchev–Trinajstić information content (AvgIpc) is 2.39. The van der Waals surface area contributed by atoms with Crippen LogP contribution in [0.2, 0.25) is 0 Å². The van der Waals surface area contributed by atoms with Crippen molar-refractivity contribution >= 4 is 21.6 Å². The Morgan fingerprint density at radius 1 is 1.25 bits per heavy atom. The zero-order chi connectivity index (χ0) is 15.1. The fourth-order valence-electron chi connectivity index (χ4n) is 2.49. The lowest BCUT2D eigenvalue weighted by molar-refractivity contribution is 0.503. The second kappa shape index (κ2) is 8.68. The number of anilines is 1. The maximum absolute atomic E-state index is 3.60. The maximum atomic E-state index is 3.60. The molecule has 0 aromatic heterocycles. The molecule has 0 saturated carbocycles. The lowest BCUT2D eigenvalue weighted by atomic mass is 10.0. The Balaban J connectivity index is 2.86. The van der Waals surface area contributed by atoms with Crippen molar-refractivity contribution in [3.63, 3.8) is 0 Å². The van der Waals surface area contributed by atoms with Crippen LogP contribution < -0.4 is 10.2 Å². The van der Waals surface area contributed by atoms with E-state index in [2.05, 4.69) is 79.1 Å². The van der Waals surface area contributed by atoms with Gasteiger partial charge >= 0.3 is 0 Å². The molecule has 114 valence electrons. The Morgan fingerprint density at radius 2 is 1.95 bits per heavy atom. The molecule has 1 rings (SSSR count). The molecular formula is C17H29BrN2. The van der Waals surface area contributed by atoms with Crippen LogP contribution in [0.4, 0.5) is 5.69 Å². The van der Waals surface area contributed by atoms with E-state index in [1.165, 1.54) is 24.1 Å². The van der Waals surface area contributed by atoms with Crippen molar-refractivity contribution in [3.8, 4) is 0 Å². The Bertz CT molecular complexity index is 404. The molecule has 0 spiro atoms. The summed E-state index contributed by atoms with van der Waals surface area (Å²) in [5.41, 5.74) is 2.70. The molecule has 3 heteroatoms. The molecule has 0 aliphatic rings. The number of hydrogen-bond donors (Lipinski definition) is 1. The average molecular weight is 341 g/mol. The summed E-state index contributed by atoms with van der Waals surface area (Å²) in [5.74, 6) is 0.723. The van der Waals surface area contributed by atoms with Crippen LogP contribution in [-0.4, -0.2) is 19.6 Å². The van der Waals surface area contributed by atoms with E-state index in [0.29, 0.717) is 6.04 Å². The van der Waals surface area contributed by atoms with Gasteiger partial charge in [-0.25, -0.2) is 0 Å². The van der Waals surface area contributed by atoms with Gasteiger partial charge in [-0.15, -0.1) is 0 Å². The molecule has 1 atom stereocenters. The van der Waals surface area contributed by atoms with Gasteiger partial charge in [0.25, 0.3) is 0 Å². The molecule has 0 radical (unpaired) electrons. The molecule has 1 N–H and O–H groups in total. The lowest BCUT2D eigenvalue weighted by Crippen LogP contribution is -2.31. The van der Waals surface area contributed by atoms with Crippen LogP contribution in [0.25, 0.3) is 0 Å². The number of nitrogens with zero attached hydrogens (tertiary/aromatic N) is 1. The van der Waals surface area contributed by atoms with Gasteiger partial charge < -0.3 is 10.2 Å².